The van der Waals surface area contributed by atoms with Crippen molar-refractivity contribution < 1.29 is 26.1 Å². The van der Waals surface area contributed by atoms with Crippen molar-refractivity contribution in [2.24, 2.45) is 0 Å². The Hall–Kier alpha value is 0.505. The molecule has 1 rings (SSSR count). The van der Waals surface area contributed by atoms with Crippen molar-refractivity contribution in [1.82, 2.24) is 0 Å². The third-order valence-electron chi connectivity index (χ3n) is 3.35. The molecule has 1 aromatic rings. The first-order valence-electron chi connectivity index (χ1n) is 8.29. The molecule has 1 aromatic carbocycles. The van der Waals surface area contributed by atoms with Crippen LogP contribution in [0.4, 0.5) is 0 Å². The van der Waals surface area contributed by atoms with Crippen LogP contribution in [0.1, 0.15) is 71.1 Å². The van der Waals surface area contributed by atoms with Crippen molar-refractivity contribution in [3.8, 4) is 0 Å². The van der Waals surface area contributed by atoms with E-state index in [1.807, 2.05) is 0 Å². The molecule has 0 amide bonds. The van der Waals surface area contributed by atoms with Gasteiger partial charge < -0.3 is 0 Å². The van der Waals surface area contributed by atoms with Crippen molar-refractivity contribution >= 4 is 15.7 Å². The molecule has 0 aliphatic carbocycles. The van der Waals surface area contributed by atoms with Crippen LogP contribution >= 0.6 is 12.6 Å². The number of rotatable bonds is 10. The molecule has 0 heterocycles. The van der Waals surface area contributed by atoms with Crippen LogP contribution in [0.25, 0.3) is 0 Å². The summed E-state index contributed by atoms with van der Waals surface area (Å²) in [6, 6.07) is 10.6. The molecule has 0 spiro atoms. The van der Waals surface area contributed by atoms with E-state index in [9.17, 15) is 0 Å². The molecule has 0 aliphatic heterocycles. The second-order valence-electron chi connectivity index (χ2n) is 5.39. The first-order valence-corrected chi connectivity index (χ1v) is 11.7. The standard InChI is InChI=1S/C12H26S.C6H5.Hg/c1-2-3-4-5-6-7-8-9-10-11-12-13;1-2-4-6-5-3-1;/h13H,2-12H2,1H3;1-5H;. The summed E-state index contributed by atoms with van der Waals surface area (Å²) in [6.07, 6.45) is 14.2. The minimum atomic E-state index is 0.810. The van der Waals surface area contributed by atoms with Crippen molar-refractivity contribution in [3.05, 3.63) is 30.3 Å². The normalized spacial score (nSPS) is 10.0. The molecule has 0 radical (unpaired) electrons. The van der Waals surface area contributed by atoms with E-state index in [1.165, 1.54) is 67.3 Å². The summed E-state index contributed by atoms with van der Waals surface area (Å²) in [5.74, 6) is 1.07. The molecule has 0 aliphatic rings. The van der Waals surface area contributed by atoms with E-state index in [1.54, 1.807) is 0 Å². The van der Waals surface area contributed by atoms with Crippen LogP contribution in [0.3, 0.4) is 0 Å². The zero-order valence-electron chi connectivity index (χ0n) is 13.3. The van der Waals surface area contributed by atoms with Crippen molar-refractivity contribution in [2.75, 3.05) is 5.75 Å². The summed E-state index contributed by atoms with van der Waals surface area (Å²) in [4.78, 5) is 0. The maximum atomic E-state index is 4.20. The number of thiol groups is 1. The molecule has 0 saturated heterocycles. The molecule has 0 saturated carbocycles. The first kappa shape index (κ1) is 20.5. The van der Waals surface area contributed by atoms with Crippen molar-refractivity contribution in [3.63, 3.8) is 0 Å². The maximum absolute atomic E-state index is 4.20. The van der Waals surface area contributed by atoms with Crippen LogP contribution in [0.15, 0.2) is 30.3 Å². The number of hydrogen-bond donors (Lipinski definition) is 1. The van der Waals surface area contributed by atoms with E-state index in [0.717, 1.165) is 31.9 Å². The van der Waals surface area contributed by atoms with Crippen LogP contribution < -0.4 is 3.07 Å². The molecule has 0 bridgehead atoms. The van der Waals surface area contributed by atoms with Gasteiger partial charge in [-0.15, -0.1) is 0 Å². The molecule has 0 atom stereocenters. The molecule has 111 valence electrons. The fourth-order valence-electron chi connectivity index (χ4n) is 2.08. The summed E-state index contributed by atoms with van der Waals surface area (Å²) in [5.41, 5.74) is 0. The van der Waals surface area contributed by atoms with Gasteiger partial charge in [-0.25, -0.2) is 0 Å². The van der Waals surface area contributed by atoms with Crippen molar-refractivity contribution in [1.29, 1.82) is 0 Å². The van der Waals surface area contributed by atoms with E-state index in [-0.39, 0.29) is 0 Å². The average molecular weight is 480 g/mol. The number of benzene rings is 1. The van der Waals surface area contributed by atoms with Crippen LogP contribution in [0.2, 0.25) is 0 Å². The zero-order valence-corrected chi connectivity index (χ0v) is 19.7. The summed E-state index contributed by atoms with van der Waals surface area (Å²) in [6.45, 7) is 2.28. The van der Waals surface area contributed by atoms with Gasteiger partial charge in [0, 0.05) is 0 Å². The summed E-state index contributed by atoms with van der Waals surface area (Å²) in [5, 5.41) is 0. The molecule has 0 unspecified atom stereocenters. The Kier molecular flexibility index (Phi) is 18.0. The quantitative estimate of drug-likeness (QED) is 0.248. The Morgan fingerprint density at radius 3 is 1.55 bits per heavy atom. The van der Waals surface area contributed by atoms with Gasteiger partial charge in [-0.1, -0.05) is 64.7 Å². The van der Waals surface area contributed by atoms with E-state index >= 15 is 0 Å². The van der Waals surface area contributed by atoms with E-state index in [0.29, 0.717) is 0 Å². The summed E-state index contributed by atoms with van der Waals surface area (Å²) < 4.78 is 1.52. The number of hydrogen-bond acceptors (Lipinski definition) is 1. The first-order chi connectivity index (χ1) is 9.81. The van der Waals surface area contributed by atoms with E-state index in [4.69, 9.17) is 0 Å². The molecule has 2 heteroatoms. The predicted molar refractivity (Wildman–Crippen MR) is 91.8 cm³/mol. The number of unbranched alkanes of at least 4 members (excludes halogenated alkanes) is 9. The molecule has 0 fully saturated rings. The SMILES string of the molecule is CCCCCCCCCCCCS.[Hg][c]1ccccc1. The van der Waals surface area contributed by atoms with Gasteiger partial charge in [-0.3, -0.25) is 0 Å². The third kappa shape index (κ3) is 16.6. The van der Waals surface area contributed by atoms with Crippen LogP contribution in [0.5, 0.6) is 0 Å². The third-order valence-corrected chi connectivity index (χ3v) is 5.50. The van der Waals surface area contributed by atoms with E-state index in [2.05, 4.69) is 49.9 Å². The predicted octanol–water partition coefficient (Wildman–Crippen LogP) is 5.70. The van der Waals surface area contributed by atoms with Gasteiger partial charge in [0.1, 0.15) is 0 Å². The Labute approximate surface area is 148 Å². The van der Waals surface area contributed by atoms with Crippen LogP contribution in [-0.4, -0.2) is 5.75 Å². The minimum absolute atomic E-state index is 0.810. The molecule has 0 N–H and O–H groups in total. The fraction of sp³-hybridized carbons (Fsp3) is 0.667. The van der Waals surface area contributed by atoms with E-state index < -0.39 is 0 Å². The van der Waals surface area contributed by atoms with Crippen LogP contribution in [-0.2, 0) is 26.1 Å². The van der Waals surface area contributed by atoms with Gasteiger partial charge in [-0.05, 0) is 12.2 Å². The Bertz CT molecular complexity index is 264. The molecular formula is C18H31HgS. The van der Waals surface area contributed by atoms with Gasteiger partial charge in [0.2, 0.25) is 0 Å². The zero-order chi connectivity index (χ0) is 14.9. The molecule has 0 nitrogen and oxygen atoms in total. The second-order valence-corrected chi connectivity index (χ2v) is 9.01. The average Bonchev–Trinajstić information content (AvgIpc) is 2.47. The Balaban J connectivity index is 0.000000428. The summed E-state index contributed by atoms with van der Waals surface area (Å²) >= 11 is 5.01. The van der Waals surface area contributed by atoms with Gasteiger partial charge in [0.15, 0.2) is 0 Å². The fourth-order valence-corrected chi connectivity index (χ4v) is 3.36. The van der Waals surface area contributed by atoms with Crippen molar-refractivity contribution in [2.45, 2.75) is 71.1 Å². The Morgan fingerprint density at radius 2 is 1.20 bits per heavy atom. The molecular weight excluding hydrogens is 449 g/mol. The molecule has 0 aromatic heterocycles. The monoisotopic (exact) mass is 481 g/mol. The van der Waals surface area contributed by atoms with Gasteiger partial charge in [-0.2, -0.15) is 12.6 Å². The van der Waals surface area contributed by atoms with Gasteiger partial charge in [0.05, 0.1) is 0 Å². The van der Waals surface area contributed by atoms with Crippen LogP contribution in [0, 0.1) is 0 Å². The summed E-state index contributed by atoms with van der Waals surface area (Å²) in [7, 11) is 0. The Morgan fingerprint density at radius 1 is 0.750 bits per heavy atom. The van der Waals surface area contributed by atoms with Gasteiger partial charge in [0.25, 0.3) is 0 Å². The topological polar surface area (TPSA) is 0 Å². The molecule has 20 heavy (non-hydrogen) atoms. The van der Waals surface area contributed by atoms with Gasteiger partial charge >= 0.3 is 59.5 Å². The second kappa shape index (κ2) is 17.6.